The molecule has 6 heteroatoms. The van der Waals surface area contributed by atoms with E-state index in [1.807, 2.05) is 16.8 Å². The number of pyridine rings is 1. The predicted octanol–water partition coefficient (Wildman–Crippen LogP) is 1.39. The zero-order valence-electron chi connectivity index (χ0n) is 9.97. The van der Waals surface area contributed by atoms with E-state index in [1.165, 1.54) is 5.56 Å². The summed E-state index contributed by atoms with van der Waals surface area (Å²) < 4.78 is 2.00. The smallest absolute Gasteiger partial charge is 0.191 e. The lowest BCUT2D eigenvalue weighted by Gasteiger charge is -2.15. The summed E-state index contributed by atoms with van der Waals surface area (Å²) in [6, 6.07) is 4.17. The summed E-state index contributed by atoms with van der Waals surface area (Å²) in [5, 5.41) is 6.54. The van der Waals surface area contributed by atoms with Crippen LogP contribution < -0.4 is 10.6 Å². The standard InChI is InChI=1S/C12H15N5.HI/c1-3-14-12(15-4-1)16-9-10-2-6-17-7-5-13-11(17)8-10;/h2,5-8H,1,3-4,9H2,(H2,14,15,16);1H. The molecular formula is C12H16IN5. The van der Waals surface area contributed by atoms with Crippen molar-refractivity contribution < 1.29 is 0 Å². The number of fused-ring (bicyclic) bond motifs is 1. The number of rotatable bonds is 2. The molecule has 2 aromatic heterocycles. The molecule has 0 spiro atoms. The first-order chi connectivity index (χ1) is 8.42. The first-order valence-electron chi connectivity index (χ1n) is 5.85. The lowest BCUT2D eigenvalue weighted by Crippen LogP contribution is -2.40. The fourth-order valence-corrected chi connectivity index (χ4v) is 1.90. The Hall–Kier alpha value is -1.31. The van der Waals surface area contributed by atoms with Crippen LogP contribution in [0, 0.1) is 0 Å². The quantitative estimate of drug-likeness (QED) is 0.799. The van der Waals surface area contributed by atoms with Crippen molar-refractivity contribution in [2.45, 2.75) is 13.0 Å². The van der Waals surface area contributed by atoms with Gasteiger partial charge in [-0.05, 0) is 24.1 Å². The van der Waals surface area contributed by atoms with Gasteiger partial charge in [0.15, 0.2) is 5.96 Å². The zero-order chi connectivity index (χ0) is 11.5. The topological polar surface area (TPSA) is 53.7 Å². The molecule has 0 fully saturated rings. The lowest BCUT2D eigenvalue weighted by molar-refractivity contribution is 0.702. The van der Waals surface area contributed by atoms with E-state index >= 15 is 0 Å². The fourth-order valence-electron chi connectivity index (χ4n) is 1.90. The Morgan fingerprint density at radius 1 is 1.39 bits per heavy atom. The van der Waals surface area contributed by atoms with Gasteiger partial charge in [-0.25, -0.2) is 4.98 Å². The van der Waals surface area contributed by atoms with Crippen molar-refractivity contribution in [1.82, 2.24) is 20.0 Å². The molecule has 2 N–H and O–H groups in total. The Morgan fingerprint density at radius 3 is 3.17 bits per heavy atom. The highest BCUT2D eigenvalue weighted by Crippen LogP contribution is 2.05. The van der Waals surface area contributed by atoms with Crippen LogP contribution in [0.3, 0.4) is 0 Å². The molecule has 2 aromatic rings. The van der Waals surface area contributed by atoms with Crippen molar-refractivity contribution in [3.63, 3.8) is 0 Å². The van der Waals surface area contributed by atoms with Gasteiger partial charge < -0.3 is 15.0 Å². The molecule has 3 heterocycles. The molecule has 1 aliphatic heterocycles. The number of guanidine groups is 1. The molecule has 0 atom stereocenters. The monoisotopic (exact) mass is 357 g/mol. The molecule has 0 amide bonds. The van der Waals surface area contributed by atoms with E-state index in [2.05, 4.69) is 32.7 Å². The summed E-state index contributed by atoms with van der Waals surface area (Å²) in [4.78, 5) is 8.63. The summed E-state index contributed by atoms with van der Waals surface area (Å²) in [5.74, 6) is 0.902. The zero-order valence-corrected chi connectivity index (χ0v) is 12.3. The number of hydrogen-bond donors (Lipinski definition) is 2. The van der Waals surface area contributed by atoms with Crippen LogP contribution in [0.1, 0.15) is 12.0 Å². The van der Waals surface area contributed by atoms with Gasteiger partial charge >= 0.3 is 0 Å². The van der Waals surface area contributed by atoms with Gasteiger partial charge in [0.05, 0.1) is 0 Å². The van der Waals surface area contributed by atoms with Gasteiger partial charge in [0.2, 0.25) is 0 Å². The van der Waals surface area contributed by atoms with Gasteiger partial charge in [0.1, 0.15) is 5.65 Å². The second-order valence-corrected chi connectivity index (χ2v) is 4.09. The minimum absolute atomic E-state index is 0. The molecule has 0 aliphatic carbocycles. The summed E-state index contributed by atoms with van der Waals surface area (Å²) in [7, 11) is 0. The first-order valence-corrected chi connectivity index (χ1v) is 5.85. The molecule has 0 bridgehead atoms. The highest BCUT2D eigenvalue weighted by atomic mass is 127. The van der Waals surface area contributed by atoms with E-state index < -0.39 is 0 Å². The summed E-state index contributed by atoms with van der Waals surface area (Å²) >= 11 is 0. The second-order valence-electron chi connectivity index (χ2n) is 4.09. The van der Waals surface area contributed by atoms with E-state index in [-0.39, 0.29) is 24.0 Å². The van der Waals surface area contributed by atoms with Crippen molar-refractivity contribution >= 4 is 35.6 Å². The van der Waals surface area contributed by atoms with Gasteiger partial charge in [0.25, 0.3) is 0 Å². The van der Waals surface area contributed by atoms with Crippen LogP contribution in [0.25, 0.3) is 5.65 Å². The third kappa shape index (κ3) is 2.92. The van der Waals surface area contributed by atoms with Crippen molar-refractivity contribution in [1.29, 1.82) is 0 Å². The van der Waals surface area contributed by atoms with E-state index in [1.54, 1.807) is 6.20 Å². The van der Waals surface area contributed by atoms with Crippen LogP contribution >= 0.6 is 24.0 Å². The molecule has 0 radical (unpaired) electrons. The number of nitrogens with zero attached hydrogens (tertiary/aromatic N) is 3. The molecule has 3 rings (SSSR count). The van der Waals surface area contributed by atoms with Gasteiger partial charge in [-0.15, -0.1) is 24.0 Å². The molecule has 5 nitrogen and oxygen atoms in total. The fraction of sp³-hybridized carbons (Fsp3) is 0.333. The Morgan fingerprint density at radius 2 is 2.33 bits per heavy atom. The summed E-state index contributed by atoms with van der Waals surface area (Å²) in [5.41, 5.74) is 2.18. The number of halogens is 1. The van der Waals surface area contributed by atoms with Crippen molar-refractivity contribution in [3.05, 3.63) is 36.3 Å². The Balaban J connectivity index is 0.00000120. The number of aromatic nitrogens is 2. The molecule has 1 aliphatic rings. The number of nitrogens with one attached hydrogen (secondary N) is 2. The van der Waals surface area contributed by atoms with E-state index in [9.17, 15) is 0 Å². The third-order valence-electron chi connectivity index (χ3n) is 2.82. The highest BCUT2D eigenvalue weighted by molar-refractivity contribution is 14.0. The second kappa shape index (κ2) is 6.03. The number of hydrogen-bond acceptors (Lipinski definition) is 4. The summed E-state index contributed by atoms with van der Waals surface area (Å²) in [6.45, 7) is 2.69. The average Bonchev–Trinajstić information content (AvgIpc) is 2.85. The molecule has 0 saturated carbocycles. The lowest BCUT2D eigenvalue weighted by atomic mass is 10.2. The minimum Gasteiger partial charge on any atom is -0.356 e. The van der Waals surface area contributed by atoms with Gasteiger partial charge in [-0.2, -0.15) is 0 Å². The normalized spacial score (nSPS) is 14.6. The maximum absolute atomic E-state index is 4.37. The molecule has 0 unspecified atom stereocenters. The van der Waals surface area contributed by atoms with E-state index in [4.69, 9.17) is 0 Å². The van der Waals surface area contributed by atoms with Crippen LogP contribution in [0.15, 0.2) is 35.7 Å². The van der Waals surface area contributed by atoms with Gasteiger partial charge in [-0.1, -0.05) is 0 Å². The molecule has 18 heavy (non-hydrogen) atoms. The van der Waals surface area contributed by atoms with Gasteiger partial charge in [-0.3, -0.25) is 4.99 Å². The van der Waals surface area contributed by atoms with E-state index in [0.29, 0.717) is 0 Å². The number of imidazole rings is 1. The molecule has 96 valence electrons. The molecule has 0 aromatic carbocycles. The first kappa shape index (κ1) is 13.1. The van der Waals surface area contributed by atoms with Crippen molar-refractivity contribution in [3.8, 4) is 0 Å². The van der Waals surface area contributed by atoms with Crippen LogP contribution in [-0.4, -0.2) is 28.4 Å². The maximum atomic E-state index is 4.37. The minimum atomic E-state index is 0. The average molecular weight is 357 g/mol. The molecular weight excluding hydrogens is 341 g/mol. The van der Waals surface area contributed by atoms with Crippen LogP contribution in [-0.2, 0) is 6.54 Å². The predicted molar refractivity (Wildman–Crippen MR) is 82.4 cm³/mol. The Kier molecular flexibility index (Phi) is 4.40. The van der Waals surface area contributed by atoms with Gasteiger partial charge in [0, 0.05) is 38.2 Å². The Labute approximate surface area is 123 Å². The number of aliphatic imine (C=N–C) groups is 1. The summed E-state index contributed by atoms with van der Waals surface area (Å²) in [6.07, 6.45) is 6.89. The molecule has 0 saturated heterocycles. The SMILES string of the molecule is I.c1cn2ccc(CNC3=NCCCN3)cc2n1. The van der Waals surface area contributed by atoms with Crippen molar-refractivity contribution in [2.75, 3.05) is 13.1 Å². The van der Waals surface area contributed by atoms with Crippen LogP contribution in [0.2, 0.25) is 0 Å². The third-order valence-corrected chi connectivity index (χ3v) is 2.82. The highest BCUT2D eigenvalue weighted by Gasteiger charge is 2.03. The maximum Gasteiger partial charge on any atom is 0.191 e. The van der Waals surface area contributed by atoms with Crippen LogP contribution in [0.4, 0.5) is 0 Å². The Bertz CT molecular complexity index is 548. The largest absolute Gasteiger partial charge is 0.356 e. The van der Waals surface area contributed by atoms with Crippen molar-refractivity contribution in [2.24, 2.45) is 4.99 Å². The van der Waals surface area contributed by atoms with Crippen LogP contribution in [0.5, 0.6) is 0 Å². The van der Waals surface area contributed by atoms with E-state index in [0.717, 1.165) is 37.7 Å².